The van der Waals surface area contributed by atoms with Crippen LogP contribution in [0.1, 0.15) is 123 Å². The van der Waals surface area contributed by atoms with Gasteiger partial charge in [-0.3, -0.25) is 4.79 Å². The van der Waals surface area contributed by atoms with Gasteiger partial charge < -0.3 is 20.1 Å². The van der Waals surface area contributed by atoms with E-state index in [2.05, 4.69) is 74.9 Å². The smallest absolute Gasteiger partial charge is 0.313 e. The van der Waals surface area contributed by atoms with Gasteiger partial charge in [0.1, 0.15) is 12.0 Å². The van der Waals surface area contributed by atoms with Gasteiger partial charge in [0.25, 0.3) is 0 Å². The maximum absolute atomic E-state index is 12.7. The van der Waals surface area contributed by atoms with Gasteiger partial charge in [0, 0.05) is 42.7 Å². The summed E-state index contributed by atoms with van der Waals surface area (Å²) in [6, 6.07) is 1.89. The minimum atomic E-state index is -2.87. The van der Waals surface area contributed by atoms with E-state index < -0.39 is 21.2 Å². The molecule has 6 aliphatic carbocycles. The molecule has 2 heterocycles. The number of carbonyl (C=O) groups is 1. The maximum atomic E-state index is 12.7. The number of sulfone groups is 1. The van der Waals surface area contributed by atoms with Crippen molar-refractivity contribution < 1.29 is 23.1 Å². The molecule has 8 nitrogen and oxygen atoms in total. The molecule has 5 fully saturated rings. The molecule has 2 N–H and O–H groups in total. The van der Waals surface area contributed by atoms with E-state index in [1.807, 2.05) is 13.0 Å². The van der Waals surface area contributed by atoms with Gasteiger partial charge in [-0.25, -0.2) is 8.42 Å². The van der Waals surface area contributed by atoms with Crippen LogP contribution in [0.5, 0.6) is 5.88 Å². The zero-order valence-electron chi connectivity index (χ0n) is 36.1. The lowest BCUT2D eigenvalue weighted by Gasteiger charge is -2.72. The van der Waals surface area contributed by atoms with Crippen molar-refractivity contribution in [1.29, 1.82) is 0 Å². The highest BCUT2D eigenvalue weighted by molar-refractivity contribution is 7.91. The van der Waals surface area contributed by atoms with Crippen LogP contribution in [0, 0.1) is 63.6 Å². The summed E-state index contributed by atoms with van der Waals surface area (Å²) in [5, 5.41) is 14.7. The Balaban J connectivity index is 1.01. The summed E-state index contributed by atoms with van der Waals surface area (Å²) in [5.41, 5.74) is 4.16. The summed E-state index contributed by atoms with van der Waals surface area (Å²) in [6.45, 7) is 25.3. The summed E-state index contributed by atoms with van der Waals surface area (Å²) in [6.07, 6.45) is 17.9. The Morgan fingerprint density at radius 3 is 2.39 bits per heavy atom. The second-order valence-corrected chi connectivity index (χ2v) is 24.7. The highest BCUT2D eigenvalue weighted by Crippen LogP contribution is 2.76. The number of rotatable bonds is 10. The second-order valence-electron chi connectivity index (χ2n) is 21.4. The lowest BCUT2D eigenvalue weighted by Crippen LogP contribution is -2.68. The Labute approximate surface area is 347 Å². The highest BCUT2D eigenvalue weighted by atomic mass is 32.2. The van der Waals surface area contributed by atoms with Crippen molar-refractivity contribution in [3.8, 4) is 5.88 Å². The first-order chi connectivity index (χ1) is 26.8. The van der Waals surface area contributed by atoms with Crippen LogP contribution in [0.3, 0.4) is 0 Å². The van der Waals surface area contributed by atoms with Crippen LogP contribution in [0.2, 0.25) is 0 Å². The summed E-state index contributed by atoms with van der Waals surface area (Å²) >= 11 is 1.39. The third kappa shape index (κ3) is 6.75. The minimum Gasteiger partial charge on any atom is -0.481 e. The standard InChI is InChI=1S/C47H71N3O5S2/c1-31(2)34-13-20-47(48-23-24-50-25-27-57(53,54)28-26-50)22-21-44(7)36(40(34)47)9-10-38-43(6)16-14-35(42(4,5)37(43)15-17-45(38,44)8)33-11-18-46(19-12-33,41(51)52)30-55-39-29-32(3)56-49-39/h11,14,29,34,36-38,40,48H,1,9-10,12-13,15-28,30H2,2-8H3,(H,51,52)/t34-,36+,37?,38?,40?,43-,44+,45+,46?,47-/m0/s1. The van der Waals surface area contributed by atoms with E-state index in [1.54, 1.807) is 0 Å². The topological polar surface area (TPSA) is 109 Å². The van der Waals surface area contributed by atoms with Gasteiger partial charge in [0.15, 0.2) is 9.84 Å². The highest BCUT2D eigenvalue weighted by Gasteiger charge is 2.70. The number of hydrogen-bond donors (Lipinski definition) is 2. The number of hydrogen-bond acceptors (Lipinski definition) is 8. The predicted octanol–water partition coefficient (Wildman–Crippen LogP) is 9.28. The molecule has 10 atom stereocenters. The van der Waals surface area contributed by atoms with Crippen molar-refractivity contribution in [3.63, 3.8) is 0 Å². The van der Waals surface area contributed by atoms with Crippen molar-refractivity contribution in [2.45, 2.75) is 131 Å². The molecule has 0 radical (unpaired) electrons. The fourth-order valence-electron chi connectivity index (χ4n) is 15.2. The van der Waals surface area contributed by atoms with Crippen LogP contribution in [-0.4, -0.2) is 78.6 Å². The quantitative estimate of drug-likeness (QED) is 0.225. The SMILES string of the molecule is C=C(C)[C@@H]1CC[C@]2(NCCN3CCS(=O)(=O)CC3)CC[C@]3(C)[C@H](CCC4[C@@]5(C)CC=C(C6=CCC(COc7cc(C)sn7)(C(=O)O)CC6)C(C)(C)C5CC[C@]43C)C12. The van der Waals surface area contributed by atoms with Crippen LogP contribution in [0.4, 0.5) is 0 Å². The molecule has 4 saturated carbocycles. The summed E-state index contributed by atoms with van der Waals surface area (Å²) in [5.74, 6) is 3.40. The molecule has 1 aromatic rings. The zero-order valence-corrected chi connectivity index (χ0v) is 37.7. The maximum Gasteiger partial charge on any atom is 0.313 e. The van der Waals surface area contributed by atoms with Crippen LogP contribution >= 0.6 is 11.5 Å². The van der Waals surface area contributed by atoms with Gasteiger partial charge >= 0.3 is 5.97 Å². The summed E-state index contributed by atoms with van der Waals surface area (Å²) in [4.78, 5) is 16.1. The summed E-state index contributed by atoms with van der Waals surface area (Å²) in [7, 11) is -2.87. The van der Waals surface area contributed by atoms with Gasteiger partial charge in [-0.05, 0) is 165 Å². The lowest BCUT2D eigenvalue weighted by atomic mass is 9.33. The minimum absolute atomic E-state index is 0.0104. The fraction of sp³-hybridized carbons (Fsp3) is 0.787. The van der Waals surface area contributed by atoms with Crippen LogP contribution in [-0.2, 0) is 14.6 Å². The van der Waals surface area contributed by atoms with Gasteiger partial charge in [-0.1, -0.05) is 58.9 Å². The third-order valence-corrected chi connectivity index (χ3v) is 20.8. The Bertz CT molecular complexity index is 1920. The second kappa shape index (κ2) is 14.6. The Morgan fingerprint density at radius 2 is 1.74 bits per heavy atom. The average Bonchev–Trinajstić information content (AvgIpc) is 3.75. The van der Waals surface area contributed by atoms with E-state index in [0.29, 0.717) is 72.9 Å². The van der Waals surface area contributed by atoms with Crippen molar-refractivity contribution in [2.75, 3.05) is 44.3 Å². The molecule has 1 saturated heterocycles. The van der Waals surface area contributed by atoms with E-state index in [-0.39, 0.29) is 33.8 Å². The number of carboxylic acids is 1. The Hall–Kier alpha value is -2.01. The van der Waals surface area contributed by atoms with Crippen LogP contribution < -0.4 is 10.1 Å². The van der Waals surface area contributed by atoms with Crippen molar-refractivity contribution >= 4 is 27.3 Å². The number of allylic oxidation sites excluding steroid dienone is 5. The molecule has 0 bridgehead atoms. The molecule has 0 amide bonds. The molecule has 1 aromatic heterocycles. The van der Waals surface area contributed by atoms with Gasteiger partial charge in [-0.2, -0.15) is 4.37 Å². The molecule has 316 valence electrons. The van der Waals surface area contributed by atoms with Crippen LogP contribution in [0.15, 0.2) is 41.5 Å². The molecule has 0 aromatic carbocycles. The monoisotopic (exact) mass is 821 g/mol. The van der Waals surface area contributed by atoms with Crippen molar-refractivity contribution in [1.82, 2.24) is 14.6 Å². The molecule has 7 aliphatic rings. The fourth-order valence-corrected chi connectivity index (χ4v) is 17.0. The number of nitrogens with zero attached hydrogens (tertiary/aromatic N) is 2. The predicted molar refractivity (Wildman–Crippen MR) is 230 cm³/mol. The molecule has 57 heavy (non-hydrogen) atoms. The van der Waals surface area contributed by atoms with E-state index in [1.165, 1.54) is 79.6 Å². The molecular weight excluding hydrogens is 751 g/mol. The first-order valence-corrected chi connectivity index (χ1v) is 24.9. The number of aliphatic carboxylic acids is 1. The van der Waals surface area contributed by atoms with Crippen molar-refractivity contribution in [2.24, 2.45) is 56.7 Å². The average molecular weight is 822 g/mol. The lowest BCUT2D eigenvalue weighted by molar-refractivity contribution is -0.221. The first kappa shape index (κ1) is 41.7. The van der Waals surface area contributed by atoms with E-state index in [9.17, 15) is 18.3 Å². The normalized spacial score (nSPS) is 42.4. The first-order valence-electron chi connectivity index (χ1n) is 22.3. The van der Waals surface area contributed by atoms with Gasteiger partial charge in [-0.15, -0.1) is 0 Å². The number of nitrogens with one attached hydrogen (secondary N) is 1. The summed E-state index contributed by atoms with van der Waals surface area (Å²) < 4.78 is 34.5. The van der Waals surface area contributed by atoms with E-state index >= 15 is 0 Å². The van der Waals surface area contributed by atoms with E-state index in [4.69, 9.17) is 4.74 Å². The van der Waals surface area contributed by atoms with Crippen molar-refractivity contribution in [3.05, 3.63) is 46.4 Å². The zero-order chi connectivity index (χ0) is 40.8. The third-order valence-electron chi connectivity index (χ3n) is 18.5. The molecule has 0 spiro atoms. The molecule has 8 rings (SSSR count). The van der Waals surface area contributed by atoms with Crippen LogP contribution in [0.25, 0.3) is 0 Å². The molecule has 10 heteroatoms. The number of carboxylic acid groups (broad SMARTS) is 1. The molecular formula is C47H71N3O5S2. The van der Waals surface area contributed by atoms with Gasteiger partial charge in [0.05, 0.1) is 11.5 Å². The Morgan fingerprint density at radius 1 is 0.982 bits per heavy atom. The Kier molecular flexibility index (Phi) is 10.7. The number of fused-ring (bicyclic) bond motifs is 7. The largest absolute Gasteiger partial charge is 0.481 e. The number of ether oxygens (including phenoxy) is 1. The number of aromatic nitrogens is 1. The van der Waals surface area contributed by atoms with E-state index in [0.717, 1.165) is 30.8 Å². The van der Waals surface area contributed by atoms with Gasteiger partial charge in [0.2, 0.25) is 5.88 Å². The molecule has 4 unspecified atom stereocenters. The number of aryl methyl sites for hydroxylation is 1. The molecule has 1 aliphatic heterocycles.